The second kappa shape index (κ2) is 5.48. The molecule has 1 heterocycles. The third kappa shape index (κ3) is 3.06. The quantitative estimate of drug-likeness (QED) is 0.793. The Balaban J connectivity index is 2.16. The van der Waals surface area contributed by atoms with Gasteiger partial charge in [-0.2, -0.15) is 0 Å². The van der Waals surface area contributed by atoms with Gasteiger partial charge in [0.1, 0.15) is 0 Å². The lowest BCUT2D eigenvalue weighted by Crippen LogP contribution is -2.04. The summed E-state index contributed by atoms with van der Waals surface area (Å²) in [5.74, 6) is 6.09. The average molecular weight is 243 g/mol. The Hall–Kier alpha value is -1.83. The van der Waals surface area contributed by atoms with Crippen LogP contribution in [0.1, 0.15) is 5.56 Å². The van der Waals surface area contributed by atoms with E-state index in [9.17, 15) is 0 Å². The van der Waals surface area contributed by atoms with Crippen molar-refractivity contribution < 1.29 is 0 Å². The van der Waals surface area contributed by atoms with E-state index in [2.05, 4.69) is 22.1 Å². The summed E-state index contributed by atoms with van der Waals surface area (Å²) in [6.45, 7) is 0.699. The molecular weight excluding hydrogens is 230 g/mol. The van der Waals surface area contributed by atoms with Gasteiger partial charge in [0.2, 0.25) is 0 Å². The molecule has 0 fully saturated rings. The normalized spacial score (nSPS) is 9.71. The number of thiazole rings is 1. The van der Waals surface area contributed by atoms with E-state index in [1.807, 2.05) is 36.7 Å². The van der Waals surface area contributed by atoms with Crippen molar-refractivity contribution >= 4 is 16.5 Å². The van der Waals surface area contributed by atoms with Crippen molar-refractivity contribution in [1.82, 2.24) is 10.3 Å². The number of hydrogen-bond donors (Lipinski definition) is 2. The number of hydrogen-bond acceptors (Lipinski definition) is 4. The molecule has 0 aliphatic carbocycles. The van der Waals surface area contributed by atoms with E-state index in [0.717, 1.165) is 16.8 Å². The molecule has 0 radical (unpaired) electrons. The number of aromatic nitrogens is 1. The van der Waals surface area contributed by atoms with Crippen LogP contribution in [-0.4, -0.2) is 18.6 Å². The first-order chi connectivity index (χ1) is 8.29. The van der Waals surface area contributed by atoms with Crippen LogP contribution in [0.2, 0.25) is 0 Å². The maximum atomic E-state index is 5.60. The van der Waals surface area contributed by atoms with Gasteiger partial charge in [-0.3, -0.25) is 0 Å². The van der Waals surface area contributed by atoms with Crippen molar-refractivity contribution in [3.63, 3.8) is 0 Å². The standard InChI is InChI=1S/C13H13N3S/c1-15-8-2-3-10-4-6-11(7-5-10)12-9-17-13(14)16-12/h4-7,9,15H,8H2,1H3,(H2,14,16). The van der Waals surface area contributed by atoms with Gasteiger partial charge < -0.3 is 11.1 Å². The second-order valence-corrected chi connectivity index (χ2v) is 4.37. The lowest BCUT2D eigenvalue weighted by molar-refractivity contribution is 0.938. The molecule has 1 aromatic heterocycles. The minimum Gasteiger partial charge on any atom is -0.375 e. The highest BCUT2D eigenvalue weighted by atomic mass is 32.1. The largest absolute Gasteiger partial charge is 0.375 e. The molecule has 17 heavy (non-hydrogen) atoms. The van der Waals surface area contributed by atoms with Crippen LogP contribution >= 0.6 is 11.3 Å². The number of anilines is 1. The molecular formula is C13H13N3S. The van der Waals surface area contributed by atoms with E-state index in [4.69, 9.17) is 5.73 Å². The van der Waals surface area contributed by atoms with Crippen LogP contribution in [0, 0.1) is 11.8 Å². The summed E-state index contributed by atoms with van der Waals surface area (Å²) >= 11 is 1.45. The molecule has 1 aromatic carbocycles. The van der Waals surface area contributed by atoms with E-state index in [1.165, 1.54) is 11.3 Å². The minimum atomic E-state index is 0.595. The zero-order valence-corrected chi connectivity index (χ0v) is 10.3. The number of nitrogens with two attached hydrogens (primary N) is 1. The van der Waals surface area contributed by atoms with Crippen molar-refractivity contribution in [2.24, 2.45) is 0 Å². The molecule has 0 saturated heterocycles. The Kier molecular flexibility index (Phi) is 3.76. The zero-order valence-electron chi connectivity index (χ0n) is 9.53. The van der Waals surface area contributed by atoms with Gasteiger partial charge in [0.25, 0.3) is 0 Å². The van der Waals surface area contributed by atoms with Gasteiger partial charge in [0.05, 0.1) is 12.2 Å². The first kappa shape index (κ1) is 11.6. The van der Waals surface area contributed by atoms with E-state index >= 15 is 0 Å². The smallest absolute Gasteiger partial charge is 0.180 e. The van der Waals surface area contributed by atoms with E-state index in [-0.39, 0.29) is 0 Å². The molecule has 0 aliphatic heterocycles. The summed E-state index contributed by atoms with van der Waals surface area (Å²) in [7, 11) is 1.88. The molecule has 3 nitrogen and oxygen atoms in total. The second-order valence-electron chi connectivity index (χ2n) is 3.48. The summed E-state index contributed by atoms with van der Waals surface area (Å²) in [5, 5.41) is 5.53. The third-order valence-corrected chi connectivity index (χ3v) is 2.87. The molecule has 0 saturated carbocycles. The molecule has 0 unspecified atom stereocenters. The molecule has 2 aromatic rings. The Morgan fingerprint density at radius 3 is 2.71 bits per heavy atom. The lowest BCUT2D eigenvalue weighted by Gasteiger charge is -1.96. The topological polar surface area (TPSA) is 50.9 Å². The predicted molar refractivity (Wildman–Crippen MR) is 72.8 cm³/mol. The molecule has 0 amide bonds. The first-order valence-electron chi connectivity index (χ1n) is 5.24. The minimum absolute atomic E-state index is 0.595. The van der Waals surface area contributed by atoms with E-state index < -0.39 is 0 Å². The van der Waals surface area contributed by atoms with Gasteiger partial charge in [-0.05, 0) is 19.2 Å². The zero-order chi connectivity index (χ0) is 12.1. The SMILES string of the molecule is CNCC#Cc1ccc(-c2csc(N)n2)cc1. The van der Waals surface area contributed by atoms with Gasteiger partial charge in [-0.15, -0.1) is 11.3 Å². The number of nitrogens with one attached hydrogen (secondary N) is 1. The molecule has 0 atom stereocenters. The van der Waals surface area contributed by atoms with Crippen LogP contribution in [0.3, 0.4) is 0 Å². The molecule has 3 N–H and O–H groups in total. The van der Waals surface area contributed by atoms with Crippen LogP contribution in [0.4, 0.5) is 5.13 Å². The Morgan fingerprint density at radius 1 is 1.35 bits per heavy atom. The fourth-order valence-corrected chi connectivity index (χ4v) is 1.95. The van der Waals surface area contributed by atoms with Crippen LogP contribution in [-0.2, 0) is 0 Å². The average Bonchev–Trinajstić information content (AvgIpc) is 2.77. The summed E-state index contributed by atoms with van der Waals surface area (Å²) in [6.07, 6.45) is 0. The fraction of sp³-hybridized carbons (Fsp3) is 0.154. The van der Waals surface area contributed by atoms with E-state index in [1.54, 1.807) is 0 Å². The third-order valence-electron chi connectivity index (χ3n) is 2.20. The highest BCUT2D eigenvalue weighted by Crippen LogP contribution is 2.22. The van der Waals surface area contributed by atoms with E-state index in [0.29, 0.717) is 11.7 Å². The maximum Gasteiger partial charge on any atom is 0.180 e. The molecule has 0 bridgehead atoms. The van der Waals surface area contributed by atoms with Gasteiger partial charge in [-0.25, -0.2) is 4.98 Å². The van der Waals surface area contributed by atoms with Crippen LogP contribution in [0.5, 0.6) is 0 Å². The highest BCUT2D eigenvalue weighted by molar-refractivity contribution is 7.13. The maximum absolute atomic E-state index is 5.60. The van der Waals surface area contributed by atoms with Gasteiger partial charge in [-0.1, -0.05) is 24.0 Å². The number of nitrogen functional groups attached to an aromatic ring is 1. The molecule has 0 aliphatic rings. The first-order valence-corrected chi connectivity index (χ1v) is 6.12. The van der Waals surface area contributed by atoms with Crippen molar-refractivity contribution in [2.45, 2.75) is 0 Å². The molecule has 4 heteroatoms. The molecule has 86 valence electrons. The van der Waals surface area contributed by atoms with Gasteiger partial charge in [0.15, 0.2) is 5.13 Å². The van der Waals surface area contributed by atoms with Crippen molar-refractivity contribution in [3.8, 4) is 23.1 Å². The van der Waals surface area contributed by atoms with Gasteiger partial charge in [0, 0.05) is 16.5 Å². The van der Waals surface area contributed by atoms with Crippen LogP contribution < -0.4 is 11.1 Å². The summed E-state index contributed by atoms with van der Waals surface area (Å²) in [5.41, 5.74) is 8.60. The number of benzene rings is 1. The summed E-state index contributed by atoms with van der Waals surface area (Å²) in [4.78, 5) is 4.24. The van der Waals surface area contributed by atoms with Gasteiger partial charge >= 0.3 is 0 Å². The molecule has 0 spiro atoms. The highest BCUT2D eigenvalue weighted by Gasteiger charge is 2.01. The van der Waals surface area contributed by atoms with Crippen LogP contribution in [0.25, 0.3) is 11.3 Å². The predicted octanol–water partition coefficient (Wildman–Crippen LogP) is 1.96. The Morgan fingerprint density at radius 2 is 2.12 bits per heavy atom. The lowest BCUT2D eigenvalue weighted by atomic mass is 10.1. The number of nitrogens with zero attached hydrogens (tertiary/aromatic N) is 1. The van der Waals surface area contributed by atoms with Crippen molar-refractivity contribution in [1.29, 1.82) is 0 Å². The number of rotatable bonds is 2. The Bertz CT molecular complexity index is 546. The summed E-state index contributed by atoms with van der Waals surface area (Å²) in [6, 6.07) is 8.01. The Labute approximate surface area is 105 Å². The fourth-order valence-electron chi connectivity index (χ4n) is 1.38. The van der Waals surface area contributed by atoms with Crippen LogP contribution in [0.15, 0.2) is 29.6 Å². The summed E-state index contributed by atoms with van der Waals surface area (Å²) < 4.78 is 0. The monoisotopic (exact) mass is 243 g/mol. The van der Waals surface area contributed by atoms with Crippen molar-refractivity contribution in [2.75, 3.05) is 19.3 Å². The van der Waals surface area contributed by atoms with Crippen molar-refractivity contribution in [3.05, 3.63) is 35.2 Å². The molecule has 2 rings (SSSR count).